The fourth-order valence-electron chi connectivity index (χ4n) is 2.78. The molecular weight excluding hydrogens is 298 g/mol. The Morgan fingerprint density at radius 3 is 2.59 bits per heavy atom. The second-order valence-corrected chi connectivity index (χ2v) is 8.54. The van der Waals surface area contributed by atoms with Gasteiger partial charge in [0.25, 0.3) is 0 Å². The summed E-state index contributed by atoms with van der Waals surface area (Å²) < 4.78 is 23.1. The summed E-state index contributed by atoms with van der Waals surface area (Å²) in [6.07, 6.45) is 1.31. The summed E-state index contributed by atoms with van der Waals surface area (Å²) in [5, 5.41) is 7.15. The van der Waals surface area contributed by atoms with Gasteiger partial charge in [0.15, 0.2) is 15.7 Å². The van der Waals surface area contributed by atoms with Crippen LogP contribution in [0.3, 0.4) is 0 Å². The summed E-state index contributed by atoms with van der Waals surface area (Å²) in [6, 6.07) is 8.50. The first-order valence-corrected chi connectivity index (χ1v) is 9.45. The van der Waals surface area contributed by atoms with E-state index in [1.165, 1.54) is 11.1 Å². The molecule has 22 heavy (non-hydrogen) atoms. The normalized spacial score (nSPS) is 20.6. The van der Waals surface area contributed by atoms with Crippen molar-refractivity contribution >= 4 is 9.84 Å². The number of sulfone groups is 1. The zero-order valence-corrected chi connectivity index (χ0v) is 13.7. The van der Waals surface area contributed by atoms with Gasteiger partial charge < -0.3 is 0 Å². The number of rotatable bonds is 4. The van der Waals surface area contributed by atoms with Crippen molar-refractivity contribution in [3.8, 4) is 0 Å². The molecule has 1 aliphatic heterocycles. The van der Waals surface area contributed by atoms with E-state index in [-0.39, 0.29) is 17.4 Å². The van der Waals surface area contributed by atoms with Crippen LogP contribution in [0.2, 0.25) is 0 Å². The number of H-pyrrole nitrogens is 1. The Morgan fingerprint density at radius 1 is 1.27 bits per heavy atom. The van der Waals surface area contributed by atoms with E-state index in [0.717, 1.165) is 5.82 Å². The second kappa shape index (κ2) is 5.83. The number of nitrogens with one attached hydrogen (secondary N) is 1. The molecule has 5 nitrogen and oxygen atoms in total. The average molecular weight is 319 g/mol. The van der Waals surface area contributed by atoms with Gasteiger partial charge in [-0.15, -0.1) is 0 Å². The molecular formula is C16H21N3O2S. The quantitative estimate of drug-likeness (QED) is 0.939. The SMILES string of the molecule is CC(C)c1ccc(Cc2nc(C3CCS(=O)(=O)C3)n[nH]2)cc1. The highest BCUT2D eigenvalue weighted by Gasteiger charge is 2.31. The maximum Gasteiger partial charge on any atom is 0.154 e. The monoisotopic (exact) mass is 319 g/mol. The lowest BCUT2D eigenvalue weighted by Gasteiger charge is -2.05. The molecule has 2 aromatic rings. The Kier molecular flexibility index (Phi) is 4.04. The third kappa shape index (κ3) is 3.38. The van der Waals surface area contributed by atoms with Crippen molar-refractivity contribution < 1.29 is 8.42 Å². The Hall–Kier alpha value is -1.69. The van der Waals surface area contributed by atoms with Gasteiger partial charge in [-0.1, -0.05) is 38.1 Å². The lowest BCUT2D eigenvalue weighted by molar-refractivity contribution is 0.601. The smallest absolute Gasteiger partial charge is 0.154 e. The first kappa shape index (κ1) is 15.2. The van der Waals surface area contributed by atoms with Crippen LogP contribution in [0.4, 0.5) is 0 Å². The highest BCUT2D eigenvalue weighted by molar-refractivity contribution is 7.91. The maximum absolute atomic E-state index is 11.5. The van der Waals surface area contributed by atoms with Gasteiger partial charge in [-0.25, -0.2) is 13.4 Å². The van der Waals surface area contributed by atoms with Crippen LogP contribution in [0, 0.1) is 0 Å². The van der Waals surface area contributed by atoms with Crippen molar-refractivity contribution in [2.45, 2.75) is 38.5 Å². The number of aromatic amines is 1. The van der Waals surface area contributed by atoms with Gasteiger partial charge in [0.2, 0.25) is 0 Å². The van der Waals surface area contributed by atoms with E-state index < -0.39 is 9.84 Å². The van der Waals surface area contributed by atoms with E-state index in [0.29, 0.717) is 24.6 Å². The lowest BCUT2D eigenvalue weighted by Crippen LogP contribution is -2.05. The van der Waals surface area contributed by atoms with E-state index in [9.17, 15) is 8.42 Å². The first-order chi connectivity index (χ1) is 10.4. The molecule has 118 valence electrons. The van der Waals surface area contributed by atoms with Crippen molar-refractivity contribution in [2.75, 3.05) is 11.5 Å². The van der Waals surface area contributed by atoms with Crippen LogP contribution < -0.4 is 0 Å². The summed E-state index contributed by atoms with van der Waals surface area (Å²) in [7, 11) is -2.90. The van der Waals surface area contributed by atoms with Gasteiger partial charge in [0.1, 0.15) is 5.82 Å². The maximum atomic E-state index is 11.5. The molecule has 1 saturated heterocycles. The zero-order chi connectivity index (χ0) is 15.7. The molecule has 1 fully saturated rings. The van der Waals surface area contributed by atoms with E-state index in [1.54, 1.807) is 0 Å². The molecule has 0 bridgehead atoms. The Labute approximate surface area is 131 Å². The molecule has 0 amide bonds. The molecule has 1 N–H and O–H groups in total. The molecule has 0 radical (unpaired) electrons. The third-order valence-corrected chi connectivity index (χ3v) is 5.93. The zero-order valence-electron chi connectivity index (χ0n) is 12.9. The predicted molar refractivity (Wildman–Crippen MR) is 85.7 cm³/mol. The van der Waals surface area contributed by atoms with Gasteiger partial charge in [-0.3, -0.25) is 5.10 Å². The molecule has 0 spiro atoms. The summed E-state index contributed by atoms with van der Waals surface area (Å²) in [5.41, 5.74) is 2.49. The Bertz CT molecular complexity index is 748. The Morgan fingerprint density at radius 2 is 2.00 bits per heavy atom. The number of benzene rings is 1. The van der Waals surface area contributed by atoms with Gasteiger partial charge >= 0.3 is 0 Å². The summed E-state index contributed by atoms with van der Waals surface area (Å²) in [4.78, 5) is 4.48. The van der Waals surface area contributed by atoms with Crippen molar-refractivity contribution in [1.82, 2.24) is 15.2 Å². The van der Waals surface area contributed by atoms with Crippen molar-refractivity contribution in [3.05, 3.63) is 47.0 Å². The van der Waals surface area contributed by atoms with Crippen molar-refractivity contribution in [3.63, 3.8) is 0 Å². The molecule has 1 aliphatic rings. The summed E-state index contributed by atoms with van der Waals surface area (Å²) in [5.74, 6) is 2.31. The minimum atomic E-state index is -2.90. The average Bonchev–Trinajstić information content (AvgIpc) is 3.06. The van der Waals surface area contributed by atoms with Crippen molar-refractivity contribution in [2.24, 2.45) is 0 Å². The van der Waals surface area contributed by atoms with Crippen LogP contribution in [0.5, 0.6) is 0 Å². The molecule has 1 atom stereocenters. The minimum Gasteiger partial charge on any atom is -0.263 e. The second-order valence-electron chi connectivity index (χ2n) is 6.31. The highest BCUT2D eigenvalue weighted by atomic mass is 32.2. The van der Waals surface area contributed by atoms with Crippen LogP contribution in [0.1, 0.15) is 54.9 Å². The summed E-state index contributed by atoms with van der Waals surface area (Å²) >= 11 is 0. The first-order valence-electron chi connectivity index (χ1n) is 7.63. The van der Waals surface area contributed by atoms with Gasteiger partial charge in [-0.05, 0) is 23.5 Å². The van der Waals surface area contributed by atoms with Crippen LogP contribution in [0.25, 0.3) is 0 Å². The Balaban J connectivity index is 1.69. The fraction of sp³-hybridized carbons (Fsp3) is 0.500. The standard InChI is InChI=1S/C16H21N3O2S/c1-11(2)13-5-3-12(4-6-13)9-15-17-16(19-18-15)14-7-8-22(20,21)10-14/h3-6,11,14H,7-10H2,1-2H3,(H,17,18,19). The largest absolute Gasteiger partial charge is 0.263 e. The van der Waals surface area contributed by atoms with Crippen LogP contribution in [0.15, 0.2) is 24.3 Å². The van der Waals surface area contributed by atoms with Crippen molar-refractivity contribution in [1.29, 1.82) is 0 Å². The van der Waals surface area contributed by atoms with Gasteiger partial charge in [-0.2, -0.15) is 5.10 Å². The minimum absolute atomic E-state index is 0.0571. The predicted octanol–water partition coefficient (Wildman–Crippen LogP) is 2.42. The molecule has 2 heterocycles. The highest BCUT2D eigenvalue weighted by Crippen LogP contribution is 2.26. The van der Waals surface area contributed by atoms with Crippen LogP contribution in [-0.2, 0) is 16.3 Å². The number of hydrogen-bond acceptors (Lipinski definition) is 4. The van der Waals surface area contributed by atoms with Crippen LogP contribution >= 0.6 is 0 Å². The van der Waals surface area contributed by atoms with Crippen LogP contribution in [-0.4, -0.2) is 35.1 Å². The van der Waals surface area contributed by atoms with E-state index >= 15 is 0 Å². The number of aromatic nitrogens is 3. The lowest BCUT2D eigenvalue weighted by atomic mass is 10.0. The molecule has 3 rings (SSSR count). The fourth-order valence-corrected chi connectivity index (χ4v) is 4.52. The third-order valence-electron chi connectivity index (χ3n) is 4.16. The van der Waals surface area contributed by atoms with E-state index in [2.05, 4.69) is 53.3 Å². The molecule has 0 aliphatic carbocycles. The molecule has 0 saturated carbocycles. The topological polar surface area (TPSA) is 75.7 Å². The molecule has 1 aromatic carbocycles. The van der Waals surface area contributed by atoms with E-state index in [4.69, 9.17) is 0 Å². The number of hydrogen-bond donors (Lipinski definition) is 1. The molecule has 1 unspecified atom stereocenters. The molecule has 1 aromatic heterocycles. The summed E-state index contributed by atoms with van der Waals surface area (Å²) in [6.45, 7) is 4.35. The van der Waals surface area contributed by atoms with Gasteiger partial charge in [0.05, 0.1) is 11.5 Å². The molecule has 6 heteroatoms. The van der Waals surface area contributed by atoms with Gasteiger partial charge in [0, 0.05) is 12.3 Å². The van der Waals surface area contributed by atoms with E-state index in [1.807, 2.05) is 0 Å². The number of nitrogens with zero attached hydrogens (tertiary/aromatic N) is 2.